The third kappa shape index (κ3) is 5.16. The van der Waals surface area contributed by atoms with Gasteiger partial charge in [0.1, 0.15) is 7.14 Å². The average molecular weight is 761 g/mol. The predicted molar refractivity (Wildman–Crippen MR) is 165 cm³/mol. The Hall–Kier alpha value is -3.24. The number of rotatable bonds is 2. The SMILES string of the molecule is O=P12c3ccccc3Sc3[c-]c(-c4ccccn4)cc(c31)Sc1ccccc12.[Ir].[c-]1ccccc1-c1ccccn1. The third-order valence-corrected chi connectivity index (χ3v) is 12.8. The summed E-state index contributed by atoms with van der Waals surface area (Å²) in [5.41, 5.74) is 3.84. The van der Waals surface area contributed by atoms with Crippen LogP contribution in [0.2, 0.25) is 0 Å². The van der Waals surface area contributed by atoms with Crippen molar-refractivity contribution < 1.29 is 24.7 Å². The Morgan fingerprint density at radius 1 is 0.610 bits per heavy atom. The molecule has 0 bridgehead atoms. The zero-order chi connectivity index (χ0) is 26.9. The first-order valence-corrected chi connectivity index (χ1v) is 16.1. The average Bonchev–Trinajstić information content (AvgIpc) is 3.03. The number of nitrogens with zero attached hydrogens (tertiary/aromatic N) is 2. The summed E-state index contributed by atoms with van der Waals surface area (Å²) >= 11 is 3.36. The molecule has 6 aromatic rings. The van der Waals surface area contributed by atoms with E-state index >= 15 is 0 Å². The molecule has 0 spiro atoms. The van der Waals surface area contributed by atoms with E-state index in [0.29, 0.717) is 0 Å². The molecule has 8 rings (SSSR count). The summed E-state index contributed by atoms with van der Waals surface area (Å²) in [7, 11) is -2.92. The Bertz CT molecular complexity index is 1770. The van der Waals surface area contributed by atoms with Crippen molar-refractivity contribution in [3.8, 4) is 22.5 Å². The Labute approximate surface area is 261 Å². The summed E-state index contributed by atoms with van der Waals surface area (Å²) in [5.74, 6) is 0. The van der Waals surface area contributed by atoms with Crippen molar-refractivity contribution in [2.45, 2.75) is 19.6 Å². The van der Waals surface area contributed by atoms with E-state index in [4.69, 9.17) is 0 Å². The van der Waals surface area contributed by atoms with Crippen LogP contribution in [0, 0.1) is 12.1 Å². The molecule has 41 heavy (non-hydrogen) atoms. The first-order valence-electron chi connectivity index (χ1n) is 12.8. The molecule has 201 valence electrons. The summed E-state index contributed by atoms with van der Waals surface area (Å²) < 4.78 is 14.7. The second kappa shape index (κ2) is 11.9. The zero-order valence-corrected chi connectivity index (χ0v) is 26.4. The van der Waals surface area contributed by atoms with Gasteiger partial charge in [-0.05, 0) is 41.0 Å². The van der Waals surface area contributed by atoms with Crippen LogP contribution in [0.5, 0.6) is 0 Å². The van der Waals surface area contributed by atoms with Crippen LogP contribution in [0.1, 0.15) is 0 Å². The van der Waals surface area contributed by atoms with Gasteiger partial charge in [-0.25, -0.2) is 0 Å². The third-order valence-electron chi connectivity index (χ3n) is 6.72. The Morgan fingerprint density at radius 2 is 1.20 bits per heavy atom. The molecule has 0 N–H and O–H groups in total. The molecule has 1 atom stereocenters. The van der Waals surface area contributed by atoms with Gasteiger partial charge in [-0.1, -0.05) is 70.5 Å². The first-order chi connectivity index (χ1) is 19.7. The van der Waals surface area contributed by atoms with Crippen molar-refractivity contribution in [3.05, 3.63) is 140 Å². The number of hydrogen-bond acceptors (Lipinski definition) is 5. The molecule has 7 heteroatoms. The molecule has 0 saturated carbocycles. The van der Waals surface area contributed by atoms with Crippen molar-refractivity contribution in [1.29, 1.82) is 0 Å². The molecule has 4 heterocycles. The van der Waals surface area contributed by atoms with E-state index in [0.717, 1.165) is 58.0 Å². The molecule has 0 aliphatic carbocycles. The maximum absolute atomic E-state index is 14.7. The van der Waals surface area contributed by atoms with Crippen molar-refractivity contribution in [2.24, 2.45) is 0 Å². The topological polar surface area (TPSA) is 42.9 Å². The molecule has 2 aromatic heterocycles. The van der Waals surface area contributed by atoms with E-state index in [-0.39, 0.29) is 20.1 Å². The van der Waals surface area contributed by atoms with Gasteiger partial charge in [0.25, 0.3) is 0 Å². The minimum absolute atomic E-state index is 0. The molecule has 0 amide bonds. The van der Waals surface area contributed by atoms with Gasteiger partial charge < -0.3 is 14.5 Å². The normalized spacial score (nSPS) is 15.6. The van der Waals surface area contributed by atoms with E-state index in [1.54, 1.807) is 35.9 Å². The largest absolute Gasteiger partial charge is 0.318 e. The number of pyridine rings is 2. The van der Waals surface area contributed by atoms with Crippen molar-refractivity contribution in [2.75, 3.05) is 0 Å². The van der Waals surface area contributed by atoms with E-state index in [1.165, 1.54) is 0 Å². The van der Waals surface area contributed by atoms with Crippen molar-refractivity contribution in [1.82, 2.24) is 9.97 Å². The molecule has 3 nitrogen and oxygen atoms in total. The van der Waals surface area contributed by atoms with Gasteiger partial charge in [-0.3, -0.25) is 0 Å². The molecule has 0 fully saturated rings. The van der Waals surface area contributed by atoms with Gasteiger partial charge in [-0.2, -0.15) is 0 Å². The smallest absolute Gasteiger partial charge is 0.139 e. The second-order valence-corrected chi connectivity index (χ2v) is 13.9. The van der Waals surface area contributed by atoms with E-state index < -0.39 is 7.14 Å². The quantitative estimate of drug-likeness (QED) is 0.134. The summed E-state index contributed by atoms with van der Waals surface area (Å²) in [5, 5.41) is 2.83. The maximum Gasteiger partial charge on any atom is 0.139 e. The Balaban J connectivity index is 0.000000196. The molecular formula is C34H21IrN2OPS2-2. The fourth-order valence-corrected chi connectivity index (χ4v) is 11.7. The fraction of sp³-hybridized carbons (Fsp3) is 0. The Kier molecular flexibility index (Phi) is 8.12. The summed E-state index contributed by atoms with van der Waals surface area (Å²) in [6.07, 6.45) is 3.58. The molecule has 0 saturated heterocycles. The minimum Gasteiger partial charge on any atom is -0.318 e. The zero-order valence-electron chi connectivity index (χ0n) is 21.5. The van der Waals surface area contributed by atoms with Gasteiger partial charge in [-0.15, -0.1) is 77.1 Å². The van der Waals surface area contributed by atoms with Crippen LogP contribution < -0.4 is 15.9 Å². The Morgan fingerprint density at radius 3 is 1.80 bits per heavy atom. The van der Waals surface area contributed by atoms with Crippen LogP contribution in [0.25, 0.3) is 22.5 Å². The molecule has 2 aliphatic rings. The number of aromatic nitrogens is 2. The van der Waals surface area contributed by atoms with Gasteiger partial charge in [0.15, 0.2) is 0 Å². The number of hydrogen-bond donors (Lipinski definition) is 0. The van der Waals surface area contributed by atoms with E-state index in [9.17, 15) is 4.57 Å². The van der Waals surface area contributed by atoms with Gasteiger partial charge >= 0.3 is 0 Å². The standard InChI is InChI=1S/C23H13NOPS2.C11H8N.Ir/c25-26-17-8-1-3-10-19(17)27-21-13-15(16-7-5-6-12-24-16)14-22(23(21)26)28-20-11-4-2-9-18(20)26;1-2-6-10(7-3-1)11-8-4-5-9-12-11;/h1-13H;1-6,8-9H;/q2*-1;. The van der Waals surface area contributed by atoms with Crippen LogP contribution in [0.4, 0.5) is 0 Å². The molecule has 1 unspecified atom stereocenters. The van der Waals surface area contributed by atoms with Gasteiger partial charge in [0, 0.05) is 52.9 Å². The summed E-state index contributed by atoms with van der Waals surface area (Å²) in [6.45, 7) is 0. The number of fused-ring (bicyclic) bond motifs is 4. The molecule has 2 aliphatic heterocycles. The fourth-order valence-electron chi connectivity index (χ4n) is 4.92. The van der Waals surface area contributed by atoms with Gasteiger partial charge in [0.05, 0.1) is 0 Å². The van der Waals surface area contributed by atoms with E-state index in [2.05, 4.69) is 40.3 Å². The van der Waals surface area contributed by atoms with Crippen LogP contribution in [-0.4, -0.2) is 9.97 Å². The maximum atomic E-state index is 14.7. The summed E-state index contributed by atoms with van der Waals surface area (Å²) in [4.78, 5) is 12.9. The minimum atomic E-state index is -2.92. The number of benzene rings is 4. The molecule has 4 aromatic carbocycles. The molecular weight excluding hydrogens is 740 g/mol. The van der Waals surface area contributed by atoms with Crippen molar-refractivity contribution >= 4 is 46.6 Å². The monoisotopic (exact) mass is 761 g/mol. The van der Waals surface area contributed by atoms with Gasteiger partial charge in [0.2, 0.25) is 0 Å². The van der Waals surface area contributed by atoms with Crippen LogP contribution >= 0.6 is 30.7 Å². The van der Waals surface area contributed by atoms with E-state index in [1.807, 2.05) is 97.1 Å². The molecule has 1 radical (unpaired) electrons. The summed E-state index contributed by atoms with van der Waals surface area (Å²) in [6, 6.07) is 44.5. The second-order valence-electron chi connectivity index (χ2n) is 9.18. The van der Waals surface area contributed by atoms with Crippen LogP contribution in [0.3, 0.4) is 0 Å². The van der Waals surface area contributed by atoms with Crippen molar-refractivity contribution in [3.63, 3.8) is 0 Å². The van der Waals surface area contributed by atoms with Crippen LogP contribution in [0.15, 0.2) is 147 Å². The predicted octanol–water partition coefficient (Wildman–Crippen LogP) is 7.66. The van der Waals surface area contributed by atoms with Crippen LogP contribution in [-0.2, 0) is 24.7 Å². The first kappa shape index (κ1) is 27.9.